The third-order valence-corrected chi connectivity index (χ3v) is 9.20. The van der Waals surface area contributed by atoms with Gasteiger partial charge in [0.2, 0.25) is 5.78 Å². The van der Waals surface area contributed by atoms with Crippen molar-refractivity contribution < 1.29 is 19.1 Å². The van der Waals surface area contributed by atoms with Crippen LogP contribution in [0.1, 0.15) is 65.2 Å². The summed E-state index contributed by atoms with van der Waals surface area (Å²) in [4.78, 5) is 25.0. The molecular formula is C23H30O4. The van der Waals surface area contributed by atoms with Gasteiger partial charge in [-0.1, -0.05) is 19.4 Å². The minimum Gasteiger partial charge on any atom is -0.469 e. The van der Waals surface area contributed by atoms with Crippen LogP contribution in [0.4, 0.5) is 0 Å². The van der Waals surface area contributed by atoms with Crippen molar-refractivity contribution in [1.29, 1.82) is 0 Å². The van der Waals surface area contributed by atoms with Gasteiger partial charge in [0.05, 0.1) is 13.2 Å². The van der Waals surface area contributed by atoms with Gasteiger partial charge in [-0.3, -0.25) is 9.59 Å². The summed E-state index contributed by atoms with van der Waals surface area (Å²) in [6.07, 6.45) is 11.4. The average Bonchev–Trinajstić information content (AvgIpc) is 3.14. The van der Waals surface area contributed by atoms with E-state index in [2.05, 4.69) is 13.8 Å². The van der Waals surface area contributed by atoms with E-state index in [9.17, 15) is 9.59 Å². The van der Waals surface area contributed by atoms with Crippen LogP contribution in [-0.2, 0) is 19.1 Å². The van der Waals surface area contributed by atoms with Gasteiger partial charge in [0.15, 0.2) is 11.4 Å². The molecule has 5 aliphatic rings. The summed E-state index contributed by atoms with van der Waals surface area (Å²) in [6.45, 7) is 4.70. The second-order valence-corrected chi connectivity index (χ2v) is 9.92. The molecule has 0 radical (unpaired) electrons. The lowest BCUT2D eigenvalue weighted by molar-refractivity contribution is -0.165. The lowest BCUT2D eigenvalue weighted by atomic mass is 9.46. The van der Waals surface area contributed by atoms with Crippen LogP contribution in [0.15, 0.2) is 23.7 Å². The standard InChI is InChI=1S/C23H30O4/c1-21-9-6-15(24)12-14(21)4-5-16-17(21)7-10-22(2)18(16)8-11-23(22)19(25)13-20(26-3)27-23/h12-13,16-18H,4-11H2,1-3H3/t16-,17+,18+,21+,22+,23-/m1/s1. The first-order valence-electron chi connectivity index (χ1n) is 10.6. The maximum absolute atomic E-state index is 13.0. The number of hydrogen-bond acceptors (Lipinski definition) is 4. The van der Waals surface area contributed by atoms with Gasteiger partial charge in [-0.15, -0.1) is 0 Å². The van der Waals surface area contributed by atoms with Crippen molar-refractivity contribution in [2.75, 3.05) is 7.11 Å². The largest absolute Gasteiger partial charge is 0.469 e. The molecule has 3 fully saturated rings. The summed E-state index contributed by atoms with van der Waals surface area (Å²) >= 11 is 0. The zero-order valence-electron chi connectivity index (χ0n) is 16.7. The van der Waals surface area contributed by atoms with E-state index in [0.29, 0.717) is 35.9 Å². The van der Waals surface area contributed by atoms with Gasteiger partial charge in [0, 0.05) is 11.8 Å². The van der Waals surface area contributed by atoms with Crippen molar-refractivity contribution in [3.05, 3.63) is 23.7 Å². The second kappa shape index (κ2) is 5.48. The van der Waals surface area contributed by atoms with Crippen LogP contribution in [0, 0.1) is 28.6 Å². The van der Waals surface area contributed by atoms with Gasteiger partial charge in [0.25, 0.3) is 5.95 Å². The number of carbonyl (C=O) groups is 2. The first kappa shape index (κ1) is 17.5. The number of fused-ring (bicyclic) bond motifs is 6. The van der Waals surface area contributed by atoms with Crippen LogP contribution < -0.4 is 0 Å². The van der Waals surface area contributed by atoms with E-state index < -0.39 is 5.60 Å². The van der Waals surface area contributed by atoms with E-state index in [1.807, 2.05) is 6.08 Å². The van der Waals surface area contributed by atoms with Crippen LogP contribution in [0.5, 0.6) is 0 Å². The summed E-state index contributed by atoms with van der Waals surface area (Å²) < 4.78 is 11.5. The Morgan fingerprint density at radius 1 is 1.00 bits per heavy atom. The Kier molecular flexibility index (Phi) is 3.56. The first-order chi connectivity index (χ1) is 12.8. The smallest absolute Gasteiger partial charge is 0.283 e. The van der Waals surface area contributed by atoms with Crippen molar-refractivity contribution in [1.82, 2.24) is 0 Å². The van der Waals surface area contributed by atoms with E-state index in [1.54, 1.807) is 13.2 Å². The molecule has 6 atom stereocenters. The third kappa shape index (κ3) is 2.05. The highest BCUT2D eigenvalue weighted by Crippen LogP contribution is 2.69. The minimum atomic E-state index is -0.715. The predicted octanol–water partition coefficient (Wildman–Crippen LogP) is 4.34. The van der Waals surface area contributed by atoms with Gasteiger partial charge in [0.1, 0.15) is 0 Å². The lowest BCUT2D eigenvalue weighted by Gasteiger charge is -2.58. The molecule has 1 spiro atoms. The van der Waals surface area contributed by atoms with Crippen LogP contribution in [0.2, 0.25) is 0 Å². The summed E-state index contributed by atoms with van der Waals surface area (Å²) in [5, 5.41) is 0. The van der Waals surface area contributed by atoms with Crippen molar-refractivity contribution >= 4 is 11.6 Å². The Bertz CT molecular complexity index is 779. The molecule has 3 saturated carbocycles. The van der Waals surface area contributed by atoms with E-state index in [-0.39, 0.29) is 16.6 Å². The number of ether oxygens (including phenoxy) is 2. The quantitative estimate of drug-likeness (QED) is 0.689. The van der Waals surface area contributed by atoms with Crippen LogP contribution in [-0.4, -0.2) is 24.3 Å². The monoisotopic (exact) mass is 370 g/mol. The average molecular weight is 370 g/mol. The number of allylic oxidation sites excluding steroid dienone is 1. The number of carbonyl (C=O) groups excluding carboxylic acids is 2. The van der Waals surface area contributed by atoms with Gasteiger partial charge >= 0.3 is 0 Å². The molecule has 27 heavy (non-hydrogen) atoms. The Balaban J connectivity index is 1.49. The summed E-state index contributed by atoms with van der Waals surface area (Å²) in [6, 6.07) is 0. The molecule has 0 aromatic heterocycles. The molecule has 0 aromatic carbocycles. The number of hydrogen-bond donors (Lipinski definition) is 0. The van der Waals surface area contributed by atoms with Crippen molar-refractivity contribution in [3.8, 4) is 0 Å². The molecule has 0 saturated heterocycles. The Morgan fingerprint density at radius 3 is 2.52 bits per heavy atom. The zero-order valence-corrected chi connectivity index (χ0v) is 16.7. The first-order valence-corrected chi connectivity index (χ1v) is 10.6. The SMILES string of the molecule is COC1=CC(=O)[C@@]2(CC[C@H]3[C@@H]4CCC5=CC(=O)CC[C@]5(C)[C@H]4CC[C@@]32C)O1. The fourth-order valence-electron chi connectivity index (χ4n) is 7.71. The summed E-state index contributed by atoms with van der Waals surface area (Å²) in [7, 11) is 1.57. The van der Waals surface area contributed by atoms with Gasteiger partial charge in [-0.05, 0) is 74.2 Å². The predicted molar refractivity (Wildman–Crippen MR) is 101 cm³/mol. The fourth-order valence-corrected chi connectivity index (χ4v) is 7.71. The van der Waals surface area contributed by atoms with E-state index >= 15 is 0 Å². The molecule has 146 valence electrons. The Morgan fingerprint density at radius 2 is 1.78 bits per heavy atom. The van der Waals surface area contributed by atoms with Gasteiger partial charge in [-0.2, -0.15) is 0 Å². The second-order valence-electron chi connectivity index (χ2n) is 9.92. The maximum atomic E-state index is 13.0. The third-order valence-electron chi connectivity index (χ3n) is 9.20. The summed E-state index contributed by atoms with van der Waals surface area (Å²) in [5.41, 5.74) is 0.731. The normalized spacial score (nSPS) is 48.3. The highest BCUT2D eigenvalue weighted by molar-refractivity contribution is 6.00. The Hall–Kier alpha value is -1.58. The molecule has 0 amide bonds. The molecule has 1 heterocycles. The molecule has 1 aliphatic heterocycles. The fraction of sp³-hybridized carbons (Fsp3) is 0.739. The van der Waals surface area contributed by atoms with Crippen LogP contribution in [0.3, 0.4) is 0 Å². The molecule has 0 N–H and O–H groups in total. The number of methoxy groups -OCH3 is 1. The molecule has 5 rings (SSSR count). The molecule has 4 aliphatic carbocycles. The van der Waals surface area contributed by atoms with Crippen LogP contribution in [0.25, 0.3) is 0 Å². The molecule has 0 aromatic rings. The van der Waals surface area contributed by atoms with Crippen LogP contribution >= 0.6 is 0 Å². The Labute approximate surface area is 161 Å². The topological polar surface area (TPSA) is 52.6 Å². The van der Waals surface area contributed by atoms with Gasteiger partial charge < -0.3 is 9.47 Å². The lowest BCUT2D eigenvalue weighted by Crippen LogP contribution is -2.57. The van der Waals surface area contributed by atoms with E-state index in [1.165, 1.54) is 5.57 Å². The highest BCUT2D eigenvalue weighted by atomic mass is 16.7. The summed E-state index contributed by atoms with van der Waals surface area (Å²) in [5.74, 6) is 2.57. The van der Waals surface area contributed by atoms with E-state index in [0.717, 1.165) is 44.9 Å². The minimum absolute atomic E-state index is 0.105. The van der Waals surface area contributed by atoms with Crippen molar-refractivity contribution in [2.24, 2.45) is 28.6 Å². The molecular weight excluding hydrogens is 340 g/mol. The molecule has 4 nitrogen and oxygen atoms in total. The zero-order chi connectivity index (χ0) is 19.0. The van der Waals surface area contributed by atoms with Gasteiger partial charge in [-0.25, -0.2) is 0 Å². The number of rotatable bonds is 1. The van der Waals surface area contributed by atoms with Crippen molar-refractivity contribution in [2.45, 2.75) is 70.8 Å². The number of ketones is 2. The van der Waals surface area contributed by atoms with E-state index in [4.69, 9.17) is 9.47 Å². The highest BCUT2D eigenvalue weighted by Gasteiger charge is 2.69. The maximum Gasteiger partial charge on any atom is 0.283 e. The molecule has 0 bridgehead atoms. The molecule has 4 heteroatoms. The van der Waals surface area contributed by atoms with Crippen molar-refractivity contribution in [3.63, 3.8) is 0 Å². The molecule has 0 unspecified atom stereocenters.